The smallest absolute Gasteiger partial charge is 0.236 e. The summed E-state index contributed by atoms with van der Waals surface area (Å²) in [4.78, 5) is 4.44. The van der Waals surface area contributed by atoms with Crippen LogP contribution in [0.1, 0.15) is 29.2 Å². The van der Waals surface area contributed by atoms with Crippen LogP contribution in [-0.4, -0.2) is 30.4 Å². The van der Waals surface area contributed by atoms with Gasteiger partial charge in [0, 0.05) is 18.7 Å². The molecule has 0 aliphatic heterocycles. The van der Waals surface area contributed by atoms with E-state index in [0.29, 0.717) is 36.0 Å². The highest BCUT2D eigenvalue weighted by molar-refractivity contribution is 6.31. The molecule has 0 unspecified atom stereocenters. The number of nitrogens with one attached hydrogen (secondary N) is 1. The van der Waals surface area contributed by atoms with Gasteiger partial charge in [-0.05, 0) is 53.3 Å². The lowest BCUT2D eigenvalue weighted by molar-refractivity contribution is 0.196. The second kappa shape index (κ2) is 9.81. The van der Waals surface area contributed by atoms with Crippen molar-refractivity contribution in [3.8, 4) is 22.9 Å². The summed E-state index contributed by atoms with van der Waals surface area (Å²) in [7, 11) is 1.52. The van der Waals surface area contributed by atoms with Gasteiger partial charge in [-0.2, -0.15) is 4.98 Å². The Morgan fingerprint density at radius 1 is 1.16 bits per heavy atom. The number of hydrogen-bond donors (Lipinski definition) is 2. The summed E-state index contributed by atoms with van der Waals surface area (Å²) in [5, 5.41) is 12.4. The molecule has 8 heteroatoms. The summed E-state index contributed by atoms with van der Waals surface area (Å²) in [6.45, 7) is 0.914. The van der Waals surface area contributed by atoms with E-state index >= 15 is 0 Å². The van der Waals surface area contributed by atoms with Crippen molar-refractivity contribution in [1.29, 1.82) is 0 Å². The minimum absolute atomic E-state index is 0.0261. The Morgan fingerprint density at radius 2 is 2.00 bits per heavy atom. The van der Waals surface area contributed by atoms with Gasteiger partial charge in [-0.1, -0.05) is 35.9 Å². The molecule has 0 fully saturated rings. The molecule has 0 saturated heterocycles. The van der Waals surface area contributed by atoms with Crippen LogP contribution in [0.4, 0.5) is 8.78 Å². The van der Waals surface area contributed by atoms with E-state index < -0.39 is 11.6 Å². The standard InChI is InChI=1S/C24H23ClF2N2O3/c1-31-23-15(13-28-9-10-30)11-19(25)24(29-23)32-22-8-6-17-16(3-2-4-18(17)22)14-5-7-20(26)21(27)12-14/h2-5,7,11-12,22,28,30H,6,8-10,13H2,1H3/t22-/m0/s1. The molecule has 0 amide bonds. The minimum Gasteiger partial charge on any atom is -0.481 e. The van der Waals surface area contributed by atoms with Crippen molar-refractivity contribution < 1.29 is 23.4 Å². The molecule has 32 heavy (non-hydrogen) atoms. The minimum atomic E-state index is -0.873. The molecule has 0 spiro atoms. The van der Waals surface area contributed by atoms with E-state index in [0.717, 1.165) is 34.7 Å². The van der Waals surface area contributed by atoms with E-state index in [-0.39, 0.29) is 18.6 Å². The van der Waals surface area contributed by atoms with Gasteiger partial charge in [-0.15, -0.1) is 0 Å². The Balaban J connectivity index is 1.60. The number of nitrogens with zero attached hydrogens (tertiary/aromatic N) is 1. The number of methoxy groups -OCH3 is 1. The average molecular weight is 461 g/mol. The van der Waals surface area contributed by atoms with E-state index in [1.54, 1.807) is 12.1 Å². The van der Waals surface area contributed by atoms with Gasteiger partial charge in [0.15, 0.2) is 11.6 Å². The van der Waals surface area contributed by atoms with Crippen molar-refractivity contribution in [2.75, 3.05) is 20.3 Å². The number of rotatable bonds is 8. The zero-order chi connectivity index (χ0) is 22.7. The van der Waals surface area contributed by atoms with Crippen LogP contribution in [0.5, 0.6) is 11.8 Å². The fraction of sp³-hybridized carbons (Fsp3) is 0.292. The predicted octanol–water partition coefficient (Wildman–Crippen LogP) is 4.84. The Labute approximate surface area is 190 Å². The van der Waals surface area contributed by atoms with Gasteiger partial charge in [0.1, 0.15) is 11.1 Å². The summed E-state index contributed by atoms with van der Waals surface area (Å²) in [5.41, 5.74) is 4.24. The molecule has 0 bridgehead atoms. The third kappa shape index (κ3) is 4.55. The number of aliphatic hydroxyl groups is 1. The van der Waals surface area contributed by atoms with E-state index in [2.05, 4.69) is 10.3 Å². The van der Waals surface area contributed by atoms with Crippen LogP contribution in [0.15, 0.2) is 42.5 Å². The van der Waals surface area contributed by atoms with E-state index in [9.17, 15) is 8.78 Å². The molecule has 3 aromatic rings. The van der Waals surface area contributed by atoms with Crippen LogP contribution in [-0.2, 0) is 13.0 Å². The number of hydrogen-bond acceptors (Lipinski definition) is 5. The van der Waals surface area contributed by atoms with Crippen molar-refractivity contribution in [2.45, 2.75) is 25.5 Å². The quantitative estimate of drug-likeness (QED) is 0.471. The van der Waals surface area contributed by atoms with Gasteiger partial charge in [0.25, 0.3) is 0 Å². The molecule has 1 heterocycles. The SMILES string of the molecule is COc1nc(O[C@H]2CCc3c(-c4ccc(F)c(F)c4)cccc32)c(Cl)cc1CNCCO. The summed E-state index contributed by atoms with van der Waals surface area (Å²) in [6, 6.07) is 11.4. The molecule has 2 aromatic carbocycles. The first-order chi connectivity index (χ1) is 15.5. The maximum absolute atomic E-state index is 13.8. The van der Waals surface area contributed by atoms with Crippen LogP contribution in [0.3, 0.4) is 0 Å². The molecule has 2 N–H and O–H groups in total. The molecule has 1 atom stereocenters. The summed E-state index contributed by atoms with van der Waals surface area (Å²) in [5.74, 6) is -1.08. The number of aromatic nitrogens is 1. The van der Waals surface area contributed by atoms with Gasteiger partial charge >= 0.3 is 0 Å². The number of ether oxygens (including phenoxy) is 2. The maximum Gasteiger partial charge on any atom is 0.236 e. The van der Waals surface area contributed by atoms with Gasteiger partial charge in [0.05, 0.1) is 13.7 Å². The molecule has 0 radical (unpaired) electrons. The summed E-state index contributed by atoms with van der Waals surface area (Å²) in [6.07, 6.45) is 1.16. The Bertz CT molecular complexity index is 1130. The zero-order valence-electron chi connectivity index (χ0n) is 17.5. The summed E-state index contributed by atoms with van der Waals surface area (Å²) >= 11 is 6.44. The lowest BCUT2D eigenvalue weighted by Crippen LogP contribution is -2.18. The van der Waals surface area contributed by atoms with Crippen molar-refractivity contribution in [1.82, 2.24) is 10.3 Å². The molecule has 1 aliphatic carbocycles. The highest BCUT2D eigenvalue weighted by Crippen LogP contribution is 2.41. The fourth-order valence-corrected chi connectivity index (χ4v) is 4.21. The van der Waals surface area contributed by atoms with E-state index in [1.165, 1.54) is 13.2 Å². The van der Waals surface area contributed by atoms with Gasteiger partial charge in [-0.3, -0.25) is 0 Å². The van der Waals surface area contributed by atoms with Crippen molar-refractivity contribution >= 4 is 11.6 Å². The van der Waals surface area contributed by atoms with E-state index in [4.69, 9.17) is 26.2 Å². The Morgan fingerprint density at radius 3 is 2.75 bits per heavy atom. The van der Waals surface area contributed by atoms with Crippen LogP contribution >= 0.6 is 11.6 Å². The van der Waals surface area contributed by atoms with Crippen LogP contribution < -0.4 is 14.8 Å². The normalized spacial score (nSPS) is 15.0. The molecule has 168 valence electrons. The van der Waals surface area contributed by atoms with Crippen molar-refractivity contribution in [3.05, 3.63) is 75.8 Å². The average Bonchev–Trinajstić information content (AvgIpc) is 3.20. The van der Waals surface area contributed by atoms with Crippen LogP contribution in [0.25, 0.3) is 11.1 Å². The first kappa shape index (κ1) is 22.5. The summed E-state index contributed by atoms with van der Waals surface area (Å²) < 4.78 is 38.7. The third-order valence-electron chi connectivity index (χ3n) is 5.48. The van der Waals surface area contributed by atoms with Crippen LogP contribution in [0.2, 0.25) is 5.02 Å². The largest absolute Gasteiger partial charge is 0.481 e. The number of benzene rings is 2. The Hall–Kier alpha value is -2.74. The molecule has 1 aromatic heterocycles. The molecule has 5 nitrogen and oxygen atoms in total. The topological polar surface area (TPSA) is 63.6 Å². The number of pyridine rings is 1. The fourth-order valence-electron chi connectivity index (χ4n) is 3.99. The second-order valence-electron chi connectivity index (χ2n) is 7.49. The lowest BCUT2D eigenvalue weighted by atomic mass is 9.96. The highest BCUT2D eigenvalue weighted by Gasteiger charge is 2.28. The van der Waals surface area contributed by atoms with Crippen LogP contribution in [0, 0.1) is 11.6 Å². The Kier molecular flexibility index (Phi) is 6.89. The lowest BCUT2D eigenvalue weighted by Gasteiger charge is -2.18. The number of aliphatic hydroxyl groups excluding tert-OH is 1. The van der Waals surface area contributed by atoms with E-state index in [1.807, 2.05) is 18.2 Å². The number of fused-ring (bicyclic) bond motifs is 1. The highest BCUT2D eigenvalue weighted by atomic mass is 35.5. The second-order valence-corrected chi connectivity index (χ2v) is 7.90. The first-order valence-electron chi connectivity index (χ1n) is 10.3. The van der Waals surface area contributed by atoms with Crippen molar-refractivity contribution in [3.63, 3.8) is 0 Å². The number of halogens is 3. The van der Waals surface area contributed by atoms with Gasteiger partial charge in [-0.25, -0.2) is 8.78 Å². The van der Waals surface area contributed by atoms with Gasteiger partial charge in [0.2, 0.25) is 11.8 Å². The first-order valence-corrected chi connectivity index (χ1v) is 10.7. The zero-order valence-corrected chi connectivity index (χ0v) is 18.3. The molecule has 1 aliphatic rings. The van der Waals surface area contributed by atoms with Crippen molar-refractivity contribution in [2.24, 2.45) is 0 Å². The molecular weight excluding hydrogens is 438 g/mol. The monoisotopic (exact) mass is 460 g/mol. The molecular formula is C24H23ClF2N2O3. The predicted molar refractivity (Wildman–Crippen MR) is 118 cm³/mol. The maximum atomic E-state index is 13.8. The molecule has 4 rings (SSSR count). The third-order valence-corrected chi connectivity index (χ3v) is 5.75. The molecule has 0 saturated carbocycles. The van der Waals surface area contributed by atoms with Gasteiger partial charge < -0.3 is 19.9 Å².